The van der Waals surface area contributed by atoms with E-state index < -0.39 is 38.6 Å². The first kappa shape index (κ1) is 16.4. The molecule has 7 heteroatoms. The summed E-state index contributed by atoms with van der Waals surface area (Å²) in [5.74, 6) is -3.72. The molecule has 0 atom stereocenters. The van der Waals surface area contributed by atoms with Gasteiger partial charge in [0.25, 0.3) is 10.1 Å². The van der Waals surface area contributed by atoms with E-state index in [1.165, 1.54) is 6.92 Å². The Bertz CT molecular complexity index is 554. The van der Waals surface area contributed by atoms with Gasteiger partial charge in [0.05, 0.1) is 0 Å². The zero-order valence-corrected chi connectivity index (χ0v) is 10.3. The summed E-state index contributed by atoms with van der Waals surface area (Å²) in [6, 6.07) is 0. The molecule has 0 bridgehead atoms. The van der Waals surface area contributed by atoms with Crippen molar-refractivity contribution in [3.05, 3.63) is 59.3 Å². The van der Waals surface area contributed by atoms with Gasteiger partial charge in [-0.1, -0.05) is 24.8 Å². The van der Waals surface area contributed by atoms with Gasteiger partial charge in [0.15, 0.2) is 16.6 Å². The molecular weight excluding hydrogens is 269 g/mol. The van der Waals surface area contributed by atoms with Crippen LogP contribution in [0.5, 0.6) is 0 Å². The SMILES string of the molecule is C=CC(=CC(=C)C)C(F)=C(F)C(=CF)S(=O)(=O)O. The first-order valence-electron chi connectivity index (χ1n) is 4.48. The monoisotopic (exact) mass is 280 g/mol. The quantitative estimate of drug-likeness (QED) is 0.619. The molecule has 0 saturated carbocycles. The van der Waals surface area contributed by atoms with Crippen molar-refractivity contribution in [3.63, 3.8) is 0 Å². The van der Waals surface area contributed by atoms with Crippen molar-refractivity contribution in [3.8, 4) is 0 Å². The van der Waals surface area contributed by atoms with Gasteiger partial charge >= 0.3 is 0 Å². The maximum absolute atomic E-state index is 13.5. The molecule has 0 fully saturated rings. The van der Waals surface area contributed by atoms with Crippen molar-refractivity contribution < 1.29 is 26.1 Å². The van der Waals surface area contributed by atoms with Gasteiger partial charge in [-0.05, 0) is 13.0 Å². The standard InChI is InChI=1S/C11H11F3O3S/c1-4-8(5-7(2)3)10(13)11(14)9(6-12)18(15,16)17/h4-6H,1-2H2,3H3,(H,15,16,17). The van der Waals surface area contributed by atoms with E-state index in [9.17, 15) is 21.6 Å². The van der Waals surface area contributed by atoms with Crippen LogP contribution in [0.2, 0.25) is 0 Å². The Morgan fingerprint density at radius 2 is 1.78 bits per heavy atom. The summed E-state index contributed by atoms with van der Waals surface area (Å²) in [5.41, 5.74) is -0.0894. The van der Waals surface area contributed by atoms with E-state index in [-0.39, 0.29) is 0 Å². The van der Waals surface area contributed by atoms with E-state index in [4.69, 9.17) is 4.55 Å². The van der Waals surface area contributed by atoms with E-state index in [1.807, 2.05) is 0 Å². The first-order chi connectivity index (χ1) is 8.15. The molecule has 0 unspecified atom stereocenters. The summed E-state index contributed by atoms with van der Waals surface area (Å²) < 4.78 is 68.8. The van der Waals surface area contributed by atoms with Crippen LogP contribution in [-0.2, 0) is 10.1 Å². The third-order valence-electron chi connectivity index (χ3n) is 1.66. The number of hydrogen-bond donors (Lipinski definition) is 1. The van der Waals surface area contributed by atoms with Crippen molar-refractivity contribution in [1.29, 1.82) is 0 Å². The second-order valence-electron chi connectivity index (χ2n) is 3.23. The third-order valence-corrected chi connectivity index (χ3v) is 2.49. The van der Waals surface area contributed by atoms with Crippen LogP contribution in [0, 0.1) is 0 Å². The van der Waals surface area contributed by atoms with Crippen molar-refractivity contribution >= 4 is 10.1 Å². The number of rotatable bonds is 5. The molecule has 3 nitrogen and oxygen atoms in total. The molecule has 0 aliphatic rings. The van der Waals surface area contributed by atoms with Gasteiger partial charge in [-0.15, -0.1) is 0 Å². The summed E-state index contributed by atoms with van der Waals surface area (Å²) in [6.07, 6.45) is 1.22. The largest absolute Gasteiger partial charge is 0.299 e. The molecule has 0 aromatic heterocycles. The fourth-order valence-corrected chi connectivity index (χ4v) is 1.36. The highest BCUT2D eigenvalue weighted by Gasteiger charge is 2.24. The Labute approximate surface area is 103 Å². The Kier molecular flexibility index (Phi) is 5.80. The Balaban J connectivity index is 5.91. The molecule has 0 aromatic carbocycles. The molecule has 0 aliphatic heterocycles. The molecule has 0 heterocycles. The number of allylic oxidation sites excluding steroid dienone is 6. The lowest BCUT2D eigenvalue weighted by Crippen LogP contribution is -2.03. The molecule has 0 aromatic rings. The fraction of sp³-hybridized carbons (Fsp3) is 0.0909. The number of hydrogen-bond acceptors (Lipinski definition) is 2. The van der Waals surface area contributed by atoms with Crippen LogP contribution in [0.1, 0.15) is 6.92 Å². The molecule has 18 heavy (non-hydrogen) atoms. The predicted molar refractivity (Wildman–Crippen MR) is 63.1 cm³/mol. The maximum atomic E-state index is 13.5. The minimum Gasteiger partial charge on any atom is -0.282 e. The van der Waals surface area contributed by atoms with Crippen LogP contribution < -0.4 is 0 Å². The average molecular weight is 280 g/mol. The van der Waals surface area contributed by atoms with Crippen LogP contribution in [0.15, 0.2) is 59.3 Å². The second-order valence-corrected chi connectivity index (χ2v) is 4.62. The maximum Gasteiger partial charge on any atom is 0.299 e. The third kappa shape index (κ3) is 4.34. The minimum absolute atomic E-state index is 0.338. The summed E-state index contributed by atoms with van der Waals surface area (Å²) in [4.78, 5) is -1.80. The van der Waals surface area contributed by atoms with E-state index >= 15 is 0 Å². The molecule has 0 spiro atoms. The fourth-order valence-electron chi connectivity index (χ4n) is 0.930. The van der Waals surface area contributed by atoms with Gasteiger partial charge in [0.2, 0.25) is 0 Å². The van der Waals surface area contributed by atoms with Gasteiger partial charge in [-0.3, -0.25) is 4.55 Å². The number of halogens is 3. The lowest BCUT2D eigenvalue weighted by atomic mass is 10.1. The zero-order valence-electron chi connectivity index (χ0n) is 9.45. The highest BCUT2D eigenvalue weighted by Crippen LogP contribution is 2.27. The molecular formula is C11H11F3O3S. The normalized spacial score (nSPS) is 15.2. The van der Waals surface area contributed by atoms with Gasteiger partial charge in [-0.25, -0.2) is 13.2 Å². The van der Waals surface area contributed by atoms with Crippen LogP contribution in [0.3, 0.4) is 0 Å². The van der Waals surface area contributed by atoms with E-state index in [2.05, 4.69) is 13.2 Å². The Morgan fingerprint density at radius 1 is 1.28 bits per heavy atom. The predicted octanol–water partition coefficient (Wildman–Crippen LogP) is 3.52. The van der Waals surface area contributed by atoms with Gasteiger partial charge in [0.1, 0.15) is 6.33 Å². The smallest absolute Gasteiger partial charge is 0.282 e. The molecule has 0 amide bonds. The van der Waals surface area contributed by atoms with Gasteiger partial charge < -0.3 is 0 Å². The van der Waals surface area contributed by atoms with E-state index in [0.717, 1.165) is 12.2 Å². The lowest BCUT2D eigenvalue weighted by molar-refractivity contribution is 0.482. The first-order valence-corrected chi connectivity index (χ1v) is 5.92. The highest BCUT2D eigenvalue weighted by atomic mass is 32.2. The Morgan fingerprint density at radius 3 is 2.06 bits per heavy atom. The topological polar surface area (TPSA) is 54.4 Å². The van der Waals surface area contributed by atoms with Crippen molar-refractivity contribution in [1.82, 2.24) is 0 Å². The van der Waals surface area contributed by atoms with Crippen molar-refractivity contribution in [2.45, 2.75) is 6.92 Å². The van der Waals surface area contributed by atoms with Crippen LogP contribution in [0.25, 0.3) is 0 Å². The van der Waals surface area contributed by atoms with Crippen molar-refractivity contribution in [2.24, 2.45) is 0 Å². The molecule has 0 aliphatic carbocycles. The van der Waals surface area contributed by atoms with Crippen molar-refractivity contribution in [2.75, 3.05) is 0 Å². The van der Waals surface area contributed by atoms with E-state index in [1.54, 1.807) is 0 Å². The molecule has 0 rings (SSSR count). The van der Waals surface area contributed by atoms with Crippen LogP contribution >= 0.6 is 0 Å². The molecule has 1 N–H and O–H groups in total. The zero-order chi connectivity index (χ0) is 14.5. The second kappa shape index (κ2) is 6.36. The highest BCUT2D eigenvalue weighted by molar-refractivity contribution is 7.90. The summed E-state index contributed by atoms with van der Waals surface area (Å²) in [7, 11) is -5.20. The van der Waals surface area contributed by atoms with Crippen LogP contribution in [0.4, 0.5) is 13.2 Å². The minimum atomic E-state index is -5.20. The Hall–Kier alpha value is -1.60. The molecule has 0 saturated heterocycles. The van der Waals surface area contributed by atoms with E-state index in [0.29, 0.717) is 5.57 Å². The average Bonchev–Trinajstić information content (AvgIpc) is 2.23. The molecule has 100 valence electrons. The summed E-state index contributed by atoms with van der Waals surface area (Å²) >= 11 is 0. The summed E-state index contributed by atoms with van der Waals surface area (Å²) in [6.45, 7) is 8.07. The lowest BCUT2D eigenvalue weighted by Gasteiger charge is -2.03. The van der Waals surface area contributed by atoms with Crippen LogP contribution in [-0.4, -0.2) is 13.0 Å². The van der Waals surface area contributed by atoms with Gasteiger partial charge in [0, 0.05) is 5.57 Å². The van der Waals surface area contributed by atoms with Gasteiger partial charge in [-0.2, -0.15) is 8.42 Å². The summed E-state index contributed by atoms with van der Waals surface area (Å²) in [5, 5.41) is 0. The molecule has 0 radical (unpaired) electrons.